The van der Waals surface area contributed by atoms with Gasteiger partial charge in [0, 0.05) is 36.1 Å². The Balaban J connectivity index is 1.68. The summed E-state index contributed by atoms with van der Waals surface area (Å²) < 4.78 is 10.3. The van der Waals surface area contributed by atoms with Crippen LogP contribution >= 0.6 is 0 Å². The molecule has 0 bridgehead atoms. The van der Waals surface area contributed by atoms with Crippen LogP contribution in [0.15, 0.2) is 11.6 Å². The molecule has 30 heavy (non-hydrogen) atoms. The molecule has 0 aliphatic carbocycles. The van der Waals surface area contributed by atoms with Gasteiger partial charge >= 0.3 is 5.97 Å². The Morgan fingerprint density at radius 2 is 1.97 bits per heavy atom. The van der Waals surface area contributed by atoms with Gasteiger partial charge in [0.1, 0.15) is 23.7 Å². The third kappa shape index (κ3) is 4.76. The van der Waals surface area contributed by atoms with Crippen molar-refractivity contribution in [2.24, 2.45) is 5.92 Å². The third-order valence-corrected chi connectivity index (χ3v) is 5.92. The van der Waals surface area contributed by atoms with Crippen molar-refractivity contribution in [1.29, 1.82) is 0 Å². The number of phenolic OH excluding ortho intramolecular Hbond substituents is 2. The van der Waals surface area contributed by atoms with Crippen LogP contribution in [0.25, 0.3) is 0 Å². The van der Waals surface area contributed by atoms with E-state index >= 15 is 0 Å². The van der Waals surface area contributed by atoms with Gasteiger partial charge in [-0.05, 0) is 45.2 Å². The maximum atomic E-state index is 11.9. The molecule has 2 heterocycles. The zero-order valence-corrected chi connectivity index (χ0v) is 17.4. The standard InChI is InChI=1S/C22H29NO7/c1-13(11-15(21(26)27)5-6-23-7-9-29-10-8-23)3-4-16-19(24)14(2)17-12-30-22(28)18(17)20(16)25/h3,15,24-25H,4-12H2,1-2H3,(H,26,27)/p-1/b13-3+. The second-order valence-corrected chi connectivity index (χ2v) is 7.95. The van der Waals surface area contributed by atoms with Crippen LogP contribution in [0.5, 0.6) is 11.5 Å². The number of carboxylic acids is 1. The van der Waals surface area contributed by atoms with Gasteiger partial charge in [-0.2, -0.15) is 0 Å². The molecule has 1 atom stereocenters. The maximum Gasteiger partial charge on any atom is 0.342 e. The first-order valence-electron chi connectivity index (χ1n) is 10.2. The fourth-order valence-electron chi connectivity index (χ4n) is 3.98. The van der Waals surface area contributed by atoms with Crippen molar-refractivity contribution in [3.05, 3.63) is 33.9 Å². The molecule has 2 aliphatic rings. The summed E-state index contributed by atoms with van der Waals surface area (Å²) >= 11 is 0. The van der Waals surface area contributed by atoms with Crippen LogP contribution in [0.1, 0.15) is 46.8 Å². The highest BCUT2D eigenvalue weighted by Gasteiger charge is 2.31. The van der Waals surface area contributed by atoms with Gasteiger partial charge in [0.15, 0.2) is 0 Å². The quantitative estimate of drug-likeness (QED) is 0.475. The number of benzene rings is 1. The number of aromatic hydroxyl groups is 2. The second-order valence-electron chi connectivity index (χ2n) is 7.95. The van der Waals surface area contributed by atoms with Crippen molar-refractivity contribution in [3.8, 4) is 11.5 Å². The largest absolute Gasteiger partial charge is 0.550 e. The lowest BCUT2D eigenvalue weighted by molar-refractivity contribution is -0.311. The molecule has 0 amide bonds. The summed E-state index contributed by atoms with van der Waals surface area (Å²) in [4.78, 5) is 25.7. The normalized spacial score (nSPS) is 18.2. The molecule has 2 aliphatic heterocycles. The average Bonchev–Trinajstić information content (AvgIpc) is 3.11. The van der Waals surface area contributed by atoms with Gasteiger partial charge in [-0.25, -0.2) is 4.79 Å². The smallest absolute Gasteiger partial charge is 0.342 e. The minimum atomic E-state index is -1.09. The van der Waals surface area contributed by atoms with Gasteiger partial charge < -0.3 is 29.6 Å². The number of aliphatic carboxylic acids is 1. The number of carbonyl (C=O) groups excluding carboxylic acids is 2. The van der Waals surface area contributed by atoms with Crippen LogP contribution in [-0.2, 0) is 27.3 Å². The highest BCUT2D eigenvalue weighted by atomic mass is 16.5. The Labute approximate surface area is 175 Å². The molecule has 8 nitrogen and oxygen atoms in total. The summed E-state index contributed by atoms with van der Waals surface area (Å²) in [6, 6.07) is 0. The Morgan fingerprint density at radius 1 is 1.27 bits per heavy atom. The number of rotatable bonds is 8. The van der Waals surface area contributed by atoms with E-state index in [0.29, 0.717) is 43.7 Å². The Bertz CT molecular complexity index is 856. The lowest BCUT2D eigenvalue weighted by atomic mass is 9.93. The molecule has 164 valence electrons. The van der Waals surface area contributed by atoms with Crippen molar-refractivity contribution in [2.75, 3.05) is 32.8 Å². The lowest BCUT2D eigenvalue weighted by Crippen LogP contribution is -2.39. The third-order valence-electron chi connectivity index (χ3n) is 5.92. The van der Waals surface area contributed by atoms with Crippen LogP contribution in [0, 0.1) is 12.8 Å². The van der Waals surface area contributed by atoms with Crippen LogP contribution in [0.2, 0.25) is 0 Å². The molecule has 0 radical (unpaired) electrons. The first-order chi connectivity index (χ1) is 14.3. The van der Waals surface area contributed by atoms with Crippen LogP contribution in [-0.4, -0.2) is 59.9 Å². The molecule has 1 aromatic carbocycles. The fraction of sp³-hybridized carbons (Fsp3) is 0.545. The van der Waals surface area contributed by atoms with E-state index in [1.165, 1.54) is 0 Å². The van der Waals surface area contributed by atoms with E-state index in [2.05, 4.69) is 4.90 Å². The maximum absolute atomic E-state index is 11.9. The second kappa shape index (κ2) is 9.49. The Kier molecular flexibility index (Phi) is 6.99. The fourth-order valence-corrected chi connectivity index (χ4v) is 3.98. The topological polar surface area (TPSA) is 119 Å². The van der Waals surface area contributed by atoms with Gasteiger partial charge in [0.25, 0.3) is 0 Å². The van der Waals surface area contributed by atoms with E-state index in [-0.39, 0.29) is 35.7 Å². The SMILES string of the molecule is C/C(=C\Cc1c(O)c(C)c2c(c1O)C(=O)OC2)CC(CCN1CCOCC1)C(=O)[O-]. The monoisotopic (exact) mass is 418 g/mol. The molecule has 8 heteroatoms. The average molecular weight is 418 g/mol. The molecule has 0 aromatic heterocycles. The first kappa shape index (κ1) is 22.1. The zero-order valence-electron chi connectivity index (χ0n) is 17.4. The van der Waals surface area contributed by atoms with E-state index in [1.54, 1.807) is 13.0 Å². The highest BCUT2D eigenvalue weighted by molar-refractivity contribution is 5.98. The number of cyclic esters (lactones) is 1. The molecule has 3 rings (SSSR count). The van der Waals surface area contributed by atoms with Gasteiger partial charge in [-0.3, -0.25) is 4.90 Å². The van der Waals surface area contributed by atoms with Crippen molar-refractivity contribution in [2.45, 2.75) is 39.7 Å². The van der Waals surface area contributed by atoms with Gasteiger partial charge in [0.05, 0.1) is 13.2 Å². The molecular weight excluding hydrogens is 390 g/mol. The number of morpholine rings is 1. The number of hydrogen-bond donors (Lipinski definition) is 2. The van der Waals surface area contributed by atoms with E-state index in [1.807, 2.05) is 6.92 Å². The van der Waals surface area contributed by atoms with E-state index in [9.17, 15) is 24.9 Å². The zero-order chi connectivity index (χ0) is 21.8. The predicted molar refractivity (Wildman–Crippen MR) is 106 cm³/mol. The number of carboxylic acid groups (broad SMARTS) is 1. The predicted octanol–water partition coefficient (Wildman–Crippen LogP) is 1.04. The highest BCUT2D eigenvalue weighted by Crippen LogP contribution is 2.41. The number of esters is 1. The van der Waals surface area contributed by atoms with Crippen molar-refractivity contribution < 1.29 is 34.4 Å². The molecular formula is C22H28NO7-. The summed E-state index contributed by atoms with van der Waals surface area (Å²) in [7, 11) is 0. The number of hydrogen-bond acceptors (Lipinski definition) is 8. The minimum Gasteiger partial charge on any atom is -0.550 e. The molecule has 1 saturated heterocycles. The summed E-state index contributed by atoms with van der Waals surface area (Å²) in [6.07, 6.45) is 2.74. The van der Waals surface area contributed by atoms with Crippen LogP contribution in [0.3, 0.4) is 0 Å². The number of carbonyl (C=O) groups is 2. The summed E-state index contributed by atoms with van der Waals surface area (Å²) in [6.45, 7) is 7.11. The number of ether oxygens (including phenoxy) is 2. The number of allylic oxidation sites excluding steroid dienone is 2. The Hall–Kier alpha value is -2.58. The van der Waals surface area contributed by atoms with Crippen molar-refractivity contribution >= 4 is 11.9 Å². The molecule has 1 fully saturated rings. The molecule has 0 spiro atoms. The molecule has 1 aromatic rings. The van der Waals surface area contributed by atoms with Crippen molar-refractivity contribution in [3.63, 3.8) is 0 Å². The van der Waals surface area contributed by atoms with Gasteiger partial charge in [-0.15, -0.1) is 0 Å². The van der Waals surface area contributed by atoms with Crippen molar-refractivity contribution in [1.82, 2.24) is 4.90 Å². The Morgan fingerprint density at radius 3 is 2.63 bits per heavy atom. The van der Waals surface area contributed by atoms with E-state index in [4.69, 9.17) is 9.47 Å². The molecule has 1 unspecified atom stereocenters. The van der Waals surface area contributed by atoms with E-state index in [0.717, 1.165) is 18.7 Å². The summed E-state index contributed by atoms with van der Waals surface area (Å²) in [5.74, 6) is -2.66. The number of nitrogens with zero attached hydrogens (tertiary/aromatic N) is 1. The lowest BCUT2D eigenvalue weighted by Gasteiger charge is -2.28. The van der Waals surface area contributed by atoms with Gasteiger partial charge in [0.2, 0.25) is 0 Å². The van der Waals surface area contributed by atoms with Crippen LogP contribution in [0.4, 0.5) is 0 Å². The van der Waals surface area contributed by atoms with E-state index < -0.39 is 17.9 Å². The number of fused-ring (bicyclic) bond motifs is 1. The number of phenols is 2. The summed E-state index contributed by atoms with van der Waals surface area (Å²) in [5.41, 5.74) is 2.16. The summed E-state index contributed by atoms with van der Waals surface area (Å²) in [5, 5.41) is 32.5. The molecule has 0 saturated carbocycles. The van der Waals surface area contributed by atoms with Crippen LogP contribution < -0.4 is 5.11 Å². The minimum absolute atomic E-state index is 0.0344. The molecule has 2 N–H and O–H groups in total. The first-order valence-corrected chi connectivity index (χ1v) is 10.2. The van der Waals surface area contributed by atoms with Gasteiger partial charge in [-0.1, -0.05) is 11.6 Å².